The maximum absolute atomic E-state index is 3.62. The first-order valence-electron chi connectivity index (χ1n) is 5.05. The first-order chi connectivity index (χ1) is 6.29. The van der Waals surface area contributed by atoms with Gasteiger partial charge in [-0.1, -0.05) is 54.8 Å². The summed E-state index contributed by atoms with van der Waals surface area (Å²) in [6, 6.07) is 6.53. The van der Waals surface area contributed by atoms with Gasteiger partial charge in [-0.15, -0.1) is 0 Å². The van der Waals surface area contributed by atoms with E-state index in [9.17, 15) is 0 Å². The number of benzene rings is 1. The summed E-state index contributed by atoms with van der Waals surface area (Å²) in [4.78, 5) is 0. The Morgan fingerprint density at radius 2 is 1.77 bits per heavy atom. The molecule has 0 fully saturated rings. The molecule has 0 amide bonds. The predicted octanol–water partition coefficient (Wildman–Crippen LogP) is 4.35. The van der Waals surface area contributed by atoms with Crippen LogP contribution in [0.1, 0.15) is 37.8 Å². The zero-order valence-corrected chi connectivity index (χ0v) is 10.0. The van der Waals surface area contributed by atoms with E-state index in [2.05, 4.69) is 48.0 Å². The van der Waals surface area contributed by atoms with Gasteiger partial charge in [-0.05, 0) is 30.0 Å². The standard InChI is InChI=1S/C12H17Br/c1-3-6-10-8-5-9-12(13)11(10)7-4-2/h5,8-9H,3-4,6-7H2,1-2H3. The van der Waals surface area contributed by atoms with E-state index in [1.54, 1.807) is 0 Å². The van der Waals surface area contributed by atoms with E-state index in [-0.39, 0.29) is 0 Å². The minimum Gasteiger partial charge on any atom is -0.0651 e. The van der Waals surface area contributed by atoms with Crippen molar-refractivity contribution in [2.75, 3.05) is 0 Å². The normalized spacial score (nSPS) is 10.4. The fraction of sp³-hybridized carbons (Fsp3) is 0.500. The molecule has 0 atom stereocenters. The van der Waals surface area contributed by atoms with Crippen LogP contribution in [0.25, 0.3) is 0 Å². The van der Waals surface area contributed by atoms with E-state index in [1.165, 1.54) is 41.3 Å². The van der Waals surface area contributed by atoms with Crippen molar-refractivity contribution in [1.82, 2.24) is 0 Å². The molecule has 0 aliphatic rings. The van der Waals surface area contributed by atoms with Crippen LogP contribution in [0.5, 0.6) is 0 Å². The third-order valence-corrected chi connectivity index (χ3v) is 2.98. The molecule has 0 aliphatic carbocycles. The first kappa shape index (κ1) is 10.8. The zero-order valence-electron chi connectivity index (χ0n) is 8.44. The van der Waals surface area contributed by atoms with Crippen LogP contribution in [0.2, 0.25) is 0 Å². The average molecular weight is 241 g/mol. The Balaban J connectivity index is 2.95. The Bertz CT molecular complexity index is 266. The highest BCUT2D eigenvalue weighted by Crippen LogP contribution is 2.23. The molecular formula is C12H17Br. The molecule has 0 heterocycles. The van der Waals surface area contributed by atoms with Crippen molar-refractivity contribution in [3.05, 3.63) is 33.8 Å². The molecule has 0 radical (unpaired) electrons. The Kier molecular flexibility index (Phi) is 4.51. The summed E-state index contributed by atoms with van der Waals surface area (Å²) in [5, 5.41) is 0. The monoisotopic (exact) mass is 240 g/mol. The van der Waals surface area contributed by atoms with Gasteiger partial charge in [-0.25, -0.2) is 0 Å². The van der Waals surface area contributed by atoms with Crippen LogP contribution in [0.15, 0.2) is 22.7 Å². The van der Waals surface area contributed by atoms with Gasteiger partial charge < -0.3 is 0 Å². The largest absolute Gasteiger partial charge is 0.0651 e. The van der Waals surface area contributed by atoms with Crippen molar-refractivity contribution in [3.8, 4) is 0 Å². The molecule has 0 saturated carbocycles. The van der Waals surface area contributed by atoms with Gasteiger partial charge in [0.05, 0.1) is 0 Å². The summed E-state index contributed by atoms with van der Waals surface area (Å²) in [6.45, 7) is 4.46. The third-order valence-electron chi connectivity index (χ3n) is 2.24. The number of aryl methyl sites for hydroxylation is 1. The fourth-order valence-corrected chi connectivity index (χ4v) is 2.24. The predicted molar refractivity (Wildman–Crippen MR) is 62.1 cm³/mol. The highest BCUT2D eigenvalue weighted by Gasteiger charge is 2.03. The minimum absolute atomic E-state index is 1.19. The average Bonchev–Trinajstić information content (AvgIpc) is 2.11. The molecule has 1 rings (SSSR count). The van der Waals surface area contributed by atoms with Crippen LogP contribution in [-0.4, -0.2) is 0 Å². The van der Waals surface area contributed by atoms with E-state index in [1.807, 2.05) is 0 Å². The van der Waals surface area contributed by atoms with Crippen LogP contribution in [0.4, 0.5) is 0 Å². The van der Waals surface area contributed by atoms with Gasteiger partial charge in [-0.3, -0.25) is 0 Å². The second kappa shape index (κ2) is 5.43. The van der Waals surface area contributed by atoms with Crippen LogP contribution in [0.3, 0.4) is 0 Å². The van der Waals surface area contributed by atoms with Crippen molar-refractivity contribution in [2.24, 2.45) is 0 Å². The molecule has 13 heavy (non-hydrogen) atoms. The topological polar surface area (TPSA) is 0 Å². The lowest BCUT2D eigenvalue weighted by molar-refractivity contribution is 0.857. The summed E-state index contributed by atoms with van der Waals surface area (Å²) in [5.74, 6) is 0. The lowest BCUT2D eigenvalue weighted by atomic mass is 10.00. The van der Waals surface area contributed by atoms with Gasteiger partial charge >= 0.3 is 0 Å². The maximum Gasteiger partial charge on any atom is 0.0210 e. The zero-order chi connectivity index (χ0) is 9.68. The summed E-state index contributed by atoms with van der Waals surface area (Å²) in [5.41, 5.74) is 3.02. The minimum atomic E-state index is 1.19. The molecule has 72 valence electrons. The van der Waals surface area contributed by atoms with E-state index in [0.717, 1.165) is 0 Å². The molecule has 0 nitrogen and oxygen atoms in total. The Hall–Kier alpha value is -0.300. The second-order valence-corrected chi connectivity index (χ2v) is 4.23. The van der Waals surface area contributed by atoms with Crippen LogP contribution in [-0.2, 0) is 12.8 Å². The molecule has 1 heteroatoms. The van der Waals surface area contributed by atoms with Crippen molar-refractivity contribution in [1.29, 1.82) is 0 Å². The summed E-state index contributed by atoms with van der Waals surface area (Å²) >= 11 is 3.62. The Labute approximate surface area is 89.5 Å². The molecule has 0 aliphatic heterocycles. The Morgan fingerprint density at radius 3 is 2.38 bits per heavy atom. The quantitative estimate of drug-likeness (QED) is 0.734. The van der Waals surface area contributed by atoms with Crippen LogP contribution < -0.4 is 0 Å². The van der Waals surface area contributed by atoms with Crippen molar-refractivity contribution >= 4 is 15.9 Å². The van der Waals surface area contributed by atoms with Crippen molar-refractivity contribution in [2.45, 2.75) is 39.5 Å². The molecular weight excluding hydrogens is 224 g/mol. The first-order valence-corrected chi connectivity index (χ1v) is 5.85. The fourth-order valence-electron chi connectivity index (χ4n) is 1.64. The highest BCUT2D eigenvalue weighted by molar-refractivity contribution is 9.10. The SMILES string of the molecule is CCCc1cccc(Br)c1CCC. The van der Waals surface area contributed by atoms with Gasteiger partial charge in [0.25, 0.3) is 0 Å². The van der Waals surface area contributed by atoms with Crippen molar-refractivity contribution in [3.63, 3.8) is 0 Å². The molecule has 0 aromatic heterocycles. The van der Waals surface area contributed by atoms with Crippen molar-refractivity contribution < 1.29 is 0 Å². The van der Waals surface area contributed by atoms with E-state index in [4.69, 9.17) is 0 Å². The molecule has 0 N–H and O–H groups in total. The molecule has 0 unspecified atom stereocenters. The lowest BCUT2D eigenvalue weighted by Gasteiger charge is -2.09. The van der Waals surface area contributed by atoms with Crippen LogP contribution in [0, 0.1) is 0 Å². The summed E-state index contributed by atoms with van der Waals surface area (Å²) < 4.78 is 1.28. The van der Waals surface area contributed by atoms with Gasteiger partial charge in [0.2, 0.25) is 0 Å². The molecule has 1 aromatic carbocycles. The molecule has 0 saturated heterocycles. The van der Waals surface area contributed by atoms with Crippen LogP contribution >= 0.6 is 15.9 Å². The number of rotatable bonds is 4. The molecule has 0 spiro atoms. The van der Waals surface area contributed by atoms with E-state index >= 15 is 0 Å². The molecule has 0 bridgehead atoms. The number of hydrogen-bond acceptors (Lipinski definition) is 0. The number of halogens is 1. The highest BCUT2D eigenvalue weighted by atomic mass is 79.9. The smallest absolute Gasteiger partial charge is 0.0210 e. The van der Waals surface area contributed by atoms with Gasteiger partial charge in [0.15, 0.2) is 0 Å². The number of hydrogen-bond donors (Lipinski definition) is 0. The summed E-state index contributed by atoms with van der Waals surface area (Å²) in [7, 11) is 0. The Morgan fingerprint density at radius 1 is 1.08 bits per heavy atom. The lowest BCUT2D eigenvalue weighted by Crippen LogP contribution is -1.94. The molecule has 1 aromatic rings. The third kappa shape index (κ3) is 2.84. The van der Waals surface area contributed by atoms with E-state index < -0.39 is 0 Å². The van der Waals surface area contributed by atoms with Gasteiger partial charge in [0.1, 0.15) is 0 Å². The van der Waals surface area contributed by atoms with Gasteiger partial charge in [0, 0.05) is 4.47 Å². The maximum atomic E-state index is 3.62. The second-order valence-electron chi connectivity index (χ2n) is 3.38. The summed E-state index contributed by atoms with van der Waals surface area (Å²) in [6.07, 6.45) is 4.85. The van der Waals surface area contributed by atoms with Gasteiger partial charge in [-0.2, -0.15) is 0 Å². The van der Waals surface area contributed by atoms with E-state index in [0.29, 0.717) is 0 Å².